The highest BCUT2D eigenvalue weighted by atomic mass is 32.1. The lowest BCUT2D eigenvalue weighted by Gasteiger charge is -2.32. The molecule has 0 amide bonds. The Hall–Kier alpha value is -3.37. The molecule has 1 aromatic carbocycles. The average molecular weight is 456 g/mol. The second-order valence-corrected chi connectivity index (χ2v) is 8.29. The van der Waals surface area contributed by atoms with Crippen molar-refractivity contribution in [2.24, 2.45) is 0 Å². The van der Waals surface area contributed by atoms with E-state index in [4.69, 9.17) is 18.9 Å². The zero-order chi connectivity index (χ0) is 22.2. The summed E-state index contributed by atoms with van der Waals surface area (Å²) in [6.45, 7) is 1.52. The van der Waals surface area contributed by atoms with Crippen molar-refractivity contribution in [1.82, 2.24) is 9.55 Å². The Morgan fingerprint density at radius 2 is 2.25 bits per heavy atom. The van der Waals surface area contributed by atoms with E-state index in [-0.39, 0.29) is 5.56 Å². The average Bonchev–Trinajstić information content (AvgIpc) is 3.47. The van der Waals surface area contributed by atoms with Crippen molar-refractivity contribution < 1.29 is 28.8 Å². The molecular formula is C22H20N2O7S. The number of hydrogen-bond donors (Lipinski definition) is 1. The van der Waals surface area contributed by atoms with Crippen molar-refractivity contribution in [2.75, 3.05) is 26.9 Å². The van der Waals surface area contributed by atoms with E-state index in [1.165, 1.54) is 23.6 Å². The molecular weight excluding hydrogens is 436 g/mol. The monoisotopic (exact) mass is 456 g/mol. The number of fused-ring (bicyclic) bond motifs is 5. The van der Waals surface area contributed by atoms with Gasteiger partial charge < -0.3 is 28.6 Å². The van der Waals surface area contributed by atoms with Crippen LogP contribution in [-0.4, -0.2) is 47.6 Å². The standard InChI is InChI=1S/C22H20N2O7S/c1-28-4-2-5-29-17-8-16-19(12-3-6-30-20(12)17)14-7-15(25)13(22(26)27)10-24(14)21(31-16)18-9-23-11-32-18/h7-11,21H,2-6H2,1H3,(H,26,27). The number of ether oxygens (including phenoxy) is 4. The molecule has 4 heterocycles. The molecule has 1 unspecified atom stereocenters. The predicted molar refractivity (Wildman–Crippen MR) is 115 cm³/mol. The van der Waals surface area contributed by atoms with Crippen LogP contribution in [0.2, 0.25) is 0 Å². The van der Waals surface area contributed by atoms with Gasteiger partial charge in [-0.25, -0.2) is 4.79 Å². The summed E-state index contributed by atoms with van der Waals surface area (Å²) in [6.07, 6.45) is 3.69. The second-order valence-electron chi connectivity index (χ2n) is 7.37. The number of methoxy groups -OCH3 is 1. The van der Waals surface area contributed by atoms with Crippen LogP contribution in [0, 0.1) is 0 Å². The van der Waals surface area contributed by atoms with E-state index >= 15 is 0 Å². The maximum absolute atomic E-state index is 12.6. The van der Waals surface area contributed by atoms with Gasteiger partial charge in [-0.2, -0.15) is 0 Å². The Labute approximate surface area is 186 Å². The molecule has 0 aliphatic carbocycles. The summed E-state index contributed by atoms with van der Waals surface area (Å²) < 4.78 is 24.9. The molecule has 5 rings (SSSR count). The number of carbonyl (C=O) groups is 1. The topological polar surface area (TPSA) is 109 Å². The van der Waals surface area contributed by atoms with Gasteiger partial charge in [-0.3, -0.25) is 9.78 Å². The first-order valence-electron chi connectivity index (χ1n) is 10.1. The third-order valence-corrected chi connectivity index (χ3v) is 6.22. The molecule has 166 valence electrons. The molecule has 0 bridgehead atoms. The Morgan fingerprint density at radius 1 is 1.38 bits per heavy atom. The van der Waals surface area contributed by atoms with Gasteiger partial charge in [-0.05, 0) is 0 Å². The van der Waals surface area contributed by atoms with Crippen LogP contribution in [0.1, 0.15) is 33.4 Å². The Morgan fingerprint density at radius 3 is 3.00 bits per heavy atom. The summed E-state index contributed by atoms with van der Waals surface area (Å²) in [4.78, 5) is 29.1. The molecule has 1 N–H and O–H groups in total. The zero-order valence-corrected chi connectivity index (χ0v) is 18.0. The zero-order valence-electron chi connectivity index (χ0n) is 17.2. The van der Waals surface area contributed by atoms with Crippen molar-refractivity contribution in [3.63, 3.8) is 0 Å². The van der Waals surface area contributed by atoms with Gasteiger partial charge in [0, 0.05) is 62.2 Å². The fourth-order valence-electron chi connectivity index (χ4n) is 4.01. The Balaban J connectivity index is 1.68. The smallest absolute Gasteiger partial charge is 0.341 e. The lowest BCUT2D eigenvalue weighted by Crippen LogP contribution is -2.27. The van der Waals surface area contributed by atoms with Crippen molar-refractivity contribution in [2.45, 2.75) is 19.1 Å². The van der Waals surface area contributed by atoms with Gasteiger partial charge in [0.15, 0.2) is 16.9 Å². The number of aromatic nitrogens is 2. The number of thiazole rings is 1. The lowest BCUT2D eigenvalue weighted by atomic mass is 9.97. The third kappa shape index (κ3) is 3.41. The van der Waals surface area contributed by atoms with Gasteiger partial charge in [0.25, 0.3) is 0 Å². The Bertz CT molecular complexity index is 1240. The minimum Gasteiger partial charge on any atom is -0.489 e. The van der Waals surface area contributed by atoms with Crippen LogP contribution in [0.4, 0.5) is 0 Å². The number of benzene rings is 1. The van der Waals surface area contributed by atoms with E-state index in [2.05, 4.69) is 4.98 Å². The fourth-order valence-corrected chi connectivity index (χ4v) is 4.65. The van der Waals surface area contributed by atoms with Crippen molar-refractivity contribution in [3.8, 4) is 28.5 Å². The number of carboxylic acids is 1. The first kappa shape index (κ1) is 20.5. The van der Waals surface area contributed by atoms with E-state index in [9.17, 15) is 14.7 Å². The number of nitrogens with zero attached hydrogens (tertiary/aromatic N) is 2. The van der Waals surface area contributed by atoms with Crippen LogP contribution in [0.15, 0.2) is 34.8 Å². The van der Waals surface area contributed by atoms with E-state index in [1.54, 1.807) is 29.5 Å². The van der Waals surface area contributed by atoms with Crippen LogP contribution in [-0.2, 0) is 11.2 Å². The third-order valence-electron chi connectivity index (χ3n) is 5.41. The summed E-state index contributed by atoms with van der Waals surface area (Å²) in [5, 5.41) is 9.48. The van der Waals surface area contributed by atoms with Crippen LogP contribution < -0.4 is 19.6 Å². The normalized spacial score (nSPS) is 15.8. The summed E-state index contributed by atoms with van der Waals surface area (Å²) >= 11 is 1.38. The van der Waals surface area contributed by atoms with Gasteiger partial charge in [-0.15, -0.1) is 11.3 Å². The van der Waals surface area contributed by atoms with Gasteiger partial charge >= 0.3 is 5.97 Å². The second kappa shape index (κ2) is 8.29. The molecule has 2 aliphatic heterocycles. The maximum Gasteiger partial charge on any atom is 0.341 e. The highest BCUT2D eigenvalue weighted by Gasteiger charge is 2.35. The van der Waals surface area contributed by atoms with Crippen molar-refractivity contribution in [3.05, 3.63) is 56.3 Å². The van der Waals surface area contributed by atoms with E-state index < -0.39 is 17.6 Å². The van der Waals surface area contributed by atoms with Crippen LogP contribution in [0.3, 0.4) is 0 Å². The molecule has 9 nitrogen and oxygen atoms in total. The quantitative estimate of drug-likeness (QED) is 0.541. The number of rotatable bonds is 7. The fraction of sp³-hybridized carbons (Fsp3) is 0.318. The minimum atomic E-state index is -1.28. The summed E-state index contributed by atoms with van der Waals surface area (Å²) in [5.41, 5.74) is 2.97. The van der Waals surface area contributed by atoms with Crippen molar-refractivity contribution >= 4 is 17.3 Å². The van der Waals surface area contributed by atoms with Gasteiger partial charge in [0.1, 0.15) is 11.3 Å². The van der Waals surface area contributed by atoms with E-state index in [0.29, 0.717) is 49.2 Å². The molecule has 2 aliphatic rings. The van der Waals surface area contributed by atoms with Gasteiger partial charge in [0.05, 0.1) is 29.3 Å². The molecule has 0 radical (unpaired) electrons. The molecule has 2 aromatic heterocycles. The van der Waals surface area contributed by atoms with Crippen LogP contribution in [0.5, 0.6) is 17.2 Å². The van der Waals surface area contributed by atoms with Gasteiger partial charge in [0.2, 0.25) is 6.23 Å². The number of pyridine rings is 1. The lowest BCUT2D eigenvalue weighted by molar-refractivity contribution is 0.0693. The molecule has 32 heavy (non-hydrogen) atoms. The largest absolute Gasteiger partial charge is 0.489 e. The molecule has 0 saturated heterocycles. The molecule has 0 spiro atoms. The van der Waals surface area contributed by atoms with E-state index in [0.717, 1.165) is 22.4 Å². The highest BCUT2D eigenvalue weighted by Crippen LogP contribution is 2.51. The van der Waals surface area contributed by atoms with Crippen molar-refractivity contribution in [1.29, 1.82) is 0 Å². The predicted octanol–water partition coefficient (Wildman–Crippen LogP) is 2.96. The maximum atomic E-state index is 12.6. The molecule has 3 aromatic rings. The molecule has 1 atom stereocenters. The molecule has 0 fully saturated rings. The summed E-state index contributed by atoms with van der Waals surface area (Å²) in [5.74, 6) is 0.472. The number of hydrogen-bond acceptors (Lipinski definition) is 8. The highest BCUT2D eigenvalue weighted by molar-refractivity contribution is 7.09. The van der Waals surface area contributed by atoms with E-state index in [1.807, 2.05) is 0 Å². The first-order valence-corrected chi connectivity index (χ1v) is 11.0. The summed E-state index contributed by atoms with van der Waals surface area (Å²) in [6, 6.07) is 3.13. The number of aromatic carboxylic acids is 1. The number of carboxylic acid groups (broad SMARTS) is 1. The molecule has 0 saturated carbocycles. The van der Waals surface area contributed by atoms with Gasteiger partial charge in [-0.1, -0.05) is 0 Å². The molecule has 10 heteroatoms. The summed E-state index contributed by atoms with van der Waals surface area (Å²) in [7, 11) is 1.64. The SMILES string of the molecule is COCCCOc1cc2c(c3c1OCC3)-c1cc(=O)c(C(=O)O)cn1C(c1cncs1)O2. The Kier molecular flexibility index (Phi) is 5.32. The first-order chi connectivity index (χ1) is 15.6. The van der Waals surface area contributed by atoms with Crippen LogP contribution >= 0.6 is 11.3 Å². The minimum absolute atomic E-state index is 0.318. The van der Waals surface area contributed by atoms with Crippen LogP contribution in [0.25, 0.3) is 11.3 Å².